The van der Waals surface area contributed by atoms with E-state index in [1.54, 1.807) is 29.2 Å². The Hall–Kier alpha value is -3.03. The van der Waals surface area contributed by atoms with E-state index in [-0.39, 0.29) is 17.9 Å². The van der Waals surface area contributed by atoms with Gasteiger partial charge in [0.2, 0.25) is 5.91 Å². The summed E-state index contributed by atoms with van der Waals surface area (Å²) in [6.45, 7) is 2.17. The SMILES string of the molecule is C[C@@H]1CCCC[C@H]1N1C(=O)C(=O)N(CC(=O)c2ccc(N3CCCC3=O)cc2)C1=O. The van der Waals surface area contributed by atoms with Crippen molar-refractivity contribution in [1.82, 2.24) is 9.80 Å². The first-order valence-electron chi connectivity index (χ1n) is 10.5. The molecular formula is C22H25N3O5. The van der Waals surface area contributed by atoms with Gasteiger partial charge >= 0.3 is 17.8 Å². The Morgan fingerprint density at radius 1 is 0.967 bits per heavy atom. The van der Waals surface area contributed by atoms with Crippen molar-refractivity contribution < 1.29 is 24.0 Å². The normalized spacial score (nSPS) is 24.9. The largest absolute Gasteiger partial charge is 0.334 e. The molecule has 2 saturated heterocycles. The summed E-state index contributed by atoms with van der Waals surface area (Å²) in [5, 5.41) is 0. The van der Waals surface area contributed by atoms with Gasteiger partial charge in [-0.3, -0.25) is 24.1 Å². The van der Waals surface area contributed by atoms with E-state index >= 15 is 0 Å². The number of imide groups is 2. The Morgan fingerprint density at radius 3 is 2.30 bits per heavy atom. The van der Waals surface area contributed by atoms with Gasteiger partial charge in [-0.1, -0.05) is 19.8 Å². The summed E-state index contributed by atoms with van der Waals surface area (Å²) in [6.07, 6.45) is 4.87. The highest BCUT2D eigenvalue weighted by atomic mass is 16.2. The van der Waals surface area contributed by atoms with Gasteiger partial charge in [0, 0.05) is 30.3 Å². The molecule has 5 amide bonds. The minimum atomic E-state index is -0.939. The number of benzene rings is 1. The predicted molar refractivity (Wildman–Crippen MR) is 108 cm³/mol. The van der Waals surface area contributed by atoms with Crippen molar-refractivity contribution in [3.05, 3.63) is 29.8 Å². The third-order valence-electron chi connectivity index (χ3n) is 6.36. The van der Waals surface area contributed by atoms with Crippen molar-refractivity contribution in [3.8, 4) is 0 Å². The van der Waals surface area contributed by atoms with Gasteiger partial charge in [0.25, 0.3) is 0 Å². The number of hydrogen-bond donors (Lipinski definition) is 0. The third-order valence-corrected chi connectivity index (χ3v) is 6.36. The number of anilines is 1. The Bertz CT molecular complexity index is 910. The fourth-order valence-electron chi connectivity index (χ4n) is 4.62. The van der Waals surface area contributed by atoms with Crippen molar-refractivity contribution in [1.29, 1.82) is 0 Å². The number of amides is 5. The number of carbonyl (C=O) groups excluding carboxylic acids is 5. The van der Waals surface area contributed by atoms with Gasteiger partial charge < -0.3 is 4.90 Å². The number of rotatable bonds is 5. The molecule has 8 heteroatoms. The molecule has 8 nitrogen and oxygen atoms in total. The summed E-state index contributed by atoms with van der Waals surface area (Å²) in [5.41, 5.74) is 1.04. The summed E-state index contributed by atoms with van der Waals surface area (Å²) in [4.78, 5) is 65.7. The van der Waals surface area contributed by atoms with E-state index in [0.29, 0.717) is 24.9 Å². The molecule has 0 radical (unpaired) electrons. The van der Waals surface area contributed by atoms with Crippen molar-refractivity contribution in [2.75, 3.05) is 18.0 Å². The van der Waals surface area contributed by atoms with E-state index < -0.39 is 30.2 Å². The van der Waals surface area contributed by atoms with Gasteiger partial charge in [0.1, 0.15) is 0 Å². The molecule has 3 aliphatic rings. The van der Waals surface area contributed by atoms with Crippen LogP contribution in [0.3, 0.4) is 0 Å². The fraction of sp³-hybridized carbons (Fsp3) is 0.500. The molecule has 0 unspecified atom stereocenters. The molecule has 1 aromatic carbocycles. The number of urea groups is 1. The van der Waals surface area contributed by atoms with E-state index in [9.17, 15) is 24.0 Å². The molecular weight excluding hydrogens is 386 g/mol. The molecule has 2 atom stereocenters. The number of nitrogens with zero attached hydrogens (tertiary/aromatic N) is 3. The van der Waals surface area contributed by atoms with Crippen LogP contribution in [0.4, 0.5) is 10.5 Å². The van der Waals surface area contributed by atoms with Crippen molar-refractivity contribution >= 4 is 35.2 Å². The summed E-state index contributed by atoms with van der Waals surface area (Å²) >= 11 is 0. The summed E-state index contributed by atoms with van der Waals surface area (Å²) in [6, 6.07) is 5.54. The molecule has 1 saturated carbocycles. The van der Waals surface area contributed by atoms with Crippen LogP contribution in [-0.2, 0) is 14.4 Å². The number of ketones is 1. The summed E-state index contributed by atoms with van der Waals surface area (Å²) in [7, 11) is 0. The van der Waals surface area contributed by atoms with Gasteiger partial charge in [-0.2, -0.15) is 0 Å². The molecule has 2 aliphatic heterocycles. The zero-order valence-electron chi connectivity index (χ0n) is 17.0. The van der Waals surface area contributed by atoms with E-state index in [1.807, 2.05) is 6.92 Å². The van der Waals surface area contributed by atoms with E-state index in [1.165, 1.54) is 0 Å². The highest BCUT2D eigenvalue weighted by Crippen LogP contribution is 2.31. The van der Waals surface area contributed by atoms with Gasteiger partial charge in [-0.15, -0.1) is 0 Å². The maximum Gasteiger partial charge on any atom is 0.334 e. The van der Waals surface area contributed by atoms with Crippen molar-refractivity contribution in [2.45, 2.75) is 51.5 Å². The molecule has 158 valence electrons. The lowest BCUT2D eigenvalue weighted by molar-refractivity contribution is -0.144. The molecule has 2 heterocycles. The molecule has 1 aliphatic carbocycles. The number of hydrogen-bond acceptors (Lipinski definition) is 5. The van der Waals surface area contributed by atoms with E-state index in [2.05, 4.69) is 0 Å². The minimum Gasteiger partial charge on any atom is -0.312 e. The lowest BCUT2D eigenvalue weighted by atomic mass is 9.85. The molecule has 0 bridgehead atoms. The molecule has 0 aromatic heterocycles. The van der Waals surface area contributed by atoms with Gasteiger partial charge in [0.15, 0.2) is 5.78 Å². The second-order valence-electron chi connectivity index (χ2n) is 8.30. The first-order chi connectivity index (χ1) is 14.4. The van der Waals surface area contributed by atoms with Crippen LogP contribution >= 0.6 is 0 Å². The lowest BCUT2D eigenvalue weighted by Gasteiger charge is -2.34. The second-order valence-corrected chi connectivity index (χ2v) is 8.30. The number of Topliss-reactive ketones (excluding diaryl/α,β-unsaturated/α-hetero) is 1. The average Bonchev–Trinajstić information content (AvgIpc) is 3.26. The van der Waals surface area contributed by atoms with Crippen LogP contribution in [0, 0.1) is 5.92 Å². The Balaban J connectivity index is 1.46. The van der Waals surface area contributed by atoms with Crippen LogP contribution in [0.15, 0.2) is 24.3 Å². The zero-order chi connectivity index (χ0) is 21.4. The van der Waals surface area contributed by atoms with Crippen LogP contribution in [0.5, 0.6) is 0 Å². The van der Waals surface area contributed by atoms with Crippen LogP contribution < -0.4 is 4.90 Å². The van der Waals surface area contributed by atoms with E-state index in [4.69, 9.17) is 0 Å². The fourth-order valence-corrected chi connectivity index (χ4v) is 4.62. The quantitative estimate of drug-likeness (QED) is 0.421. The Morgan fingerprint density at radius 2 is 1.67 bits per heavy atom. The number of carbonyl (C=O) groups is 5. The highest BCUT2D eigenvalue weighted by molar-refractivity contribution is 6.45. The van der Waals surface area contributed by atoms with Gasteiger partial charge in [0.05, 0.1) is 6.54 Å². The maximum atomic E-state index is 12.8. The van der Waals surface area contributed by atoms with Crippen LogP contribution in [-0.4, -0.2) is 58.5 Å². The van der Waals surface area contributed by atoms with Crippen molar-refractivity contribution in [3.63, 3.8) is 0 Å². The first-order valence-corrected chi connectivity index (χ1v) is 10.5. The highest BCUT2D eigenvalue weighted by Gasteiger charge is 2.49. The molecule has 0 spiro atoms. The third kappa shape index (κ3) is 3.51. The topological polar surface area (TPSA) is 95.1 Å². The standard InChI is InChI=1S/C22H25N3O5/c1-14-5-2-3-6-17(14)25-21(29)20(28)24(22(25)30)13-18(26)15-8-10-16(11-9-15)23-12-4-7-19(23)27/h8-11,14,17H,2-7,12-13H2,1H3/t14-,17-/m1/s1. The van der Waals surface area contributed by atoms with Crippen LogP contribution in [0.25, 0.3) is 0 Å². The van der Waals surface area contributed by atoms with Crippen molar-refractivity contribution in [2.24, 2.45) is 5.92 Å². The Kier molecular flexibility index (Phi) is 5.40. The molecule has 3 fully saturated rings. The summed E-state index contributed by atoms with van der Waals surface area (Å²) < 4.78 is 0. The van der Waals surface area contributed by atoms with Crippen LogP contribution in [0.1, 0.15) is 55.8 Å². The minimum absolute atomic E-state index is 0.0536. The maximum absolute atomic E-state index is 12.8. The average molecular weight is 411 g/mol. The second kappa shape index (κ2) is 8.01. The zero-order valence-corrected chi connectivity index (χ0v) is 17.0. The first kappa shape index (κ1) is 20.3. The monoisotopic (exact) mass is 411 g/mol. The van der Waals surface area contributed by atoms with Gasteiger partial charge in [-0.25, -0.2) is 9.69 Å². The van der Waals surface area contributed by atoms with Crippen LogP contribution in [0.2, 0.25) is 0 Å². The smallest absolute Gasteiger partial charge is 0.312 e. The summed E-state index contributed by atoms with van der Waals surface area (Å²) in [5.74, 6) is -2.02. The predicted octanol–water partition coefficient (Wildman–Crippen LogP) is 2.37. The molecule has 30 heavy (non-hydrogen) atoms. The molecule has 0 N–H and O–H groups in total. The lowest BCUT2D eigenvalue weighted by Crippen LogP contribution is -2.46. The molecule has 1 aromatic rings. The molecule has 4 rings (SSSR count). The van der Waals surface area contributed by atoms with Gasteiger partial charge in [-0.05, 0) is 49.4 Å². The van der Waals surface area contributed by atoms with E-state index in [0.717, 1.165) is 41.2 Å². The Labute approximate surface area is 174 Å².